The van der Waals surface area contributed by atoms with Gasteiger partial charge < -0.3 is 14.8 Å². The Kier molecular flexibility index (Phi) is 8.48. The van der Waals surface area contributed by atoms with E-state index in [0.717, 1.165) is 44.7 Å². The van der Waals surface area contributed by atoms with Crippen molar-refractivity contribution >= 4 is 5.91 Å². The van der Waals surface area contributed by atoms with Crippen molar-refractivity contribution in [1.29, 1.82) is 5.26 Å². The lowest BCUT2D eigenvalue weighted by Gasteiger charge is -2.27. The van der Waals surface area contributed by atoms with Gasteiger partial charge in [-0.25, -0.2) is 0 Å². The van der Waals surface area contributed by atoms with Crippen LogP contribution in [0.15, 0.2) is 42.5 Å². The molecule has 7 heteroatoms. The molecule has 1 amide bonds. The smallest absolute Gasteiger partial charge is 0.237 e. The number of methoxy groups -OCH3 is 2. The summed E-state index contributed by atoms with van der Waals surface area (Å²) in [6.07, 6.45) is 1.02. The summed E-state index contributed by atoms with van der Waals surface area (Å²) in [5, 5.41) is 12.0. The van der Waals surface area contributed by atoms with Crippen LogP contribution in [0.1, 0.15) is 30.0 Å². The lowest BCUT2D eigenvalue weighted by Crippen LogP contribution is -2.46. The quantitative estimate of drug-likeness (QED) is 0.686. The third-order valence-electron chi connectivity index (χ3n) is 5.95. The minimum absolute atomic E-state index is 0.0281. The Bertz CT molecular complexity index is 939. The summed E-state index contributed by atoms with van der Waals surface area (Å²) in [4.78, 5) is 17.5. The summed E-state index contributed by atoms with van der Waals surface area (Å²) in [5.74, 6) is 1.36. The highest BCUT2D eigenvalue weighted by molar-refractivity contribution is 5.81. The standard InChI is InChI=1S/C25H32N4O3/c1-19(25(30)27-17-22-9-10-23(31-2)24(15-22)32-3)29-12-4-11-28(13-14-29)18-21-7-5-20(16-26)6-8-21/h5-10,15,19H,4,11-14,17-18H2,1-3H3,(H,27,30). The topological polar surface area (TPSA) is 77.8 Å². The first-order chi connectivity index (χ1) is 15.5. The summed E-state index contributed by atoms with van der Waals surface area (Å²) < 4.78 is 10.6. The van der Waals surface area contributed by atoms with Gasteiger partial charge in [-0.2, -0.15) is 5.26 Å². The molecule has 0 spiro atoms. The number of carbonyl (C=O) groups is 1. The van der Waals surface area contributed by atoms with E-state index in [1.165, 1.54) is 5.56 Å². The van der Waals surface area contributed by atoms with Gasteiger partial charge in [0.15, 0.2) is 11.5 Å². The molecule has 3 rings (SSSR count). The summed E-state index contributed by atoms with van der Waals surface area (Å²) in [6.45, 7) is 6.93. The molecule has 2 aromatic rings. The third-order valence-corrected chi connectivity index (χ3v) is 5.95. The molecule has 0 radical (unpaired) electrons. The van der Waals surface area contributed by atoms with E-state index < -0.39 is 0 Å². The van der Waals surface area contributed by atoms with E-state index in [9.17, 15) is 4.79 Å². The highest BCUT2D eigenvalue weighted by Gasteiger charge is 2.24. The number of carbonyl (C=O) groups excluding carboxylic acids is 1. The Morgan fingerprint density at radius 1 is 1.03 bits per heavy atom. The summed E-state index contributed by atoms with van der Waals surface area (Å²) in [7, 11) is 3.21. The van der Waals surface area contributed by atoms with Gasteiger partial charge in [0.1, 0.15) is 0 Å². The molecule has 1 heterocycles. The zero-order chi connectivity index (χ0) is 22.9. The number of rotatable bonds is 8. The highest BCUT2D eigenvalue weighted by atomic mass is 16.5. The third kappa shape index (κ3) is 6.22. The molecule has 1 saturated heterocycles. The van der Waals surface area contributed by atoms with Gasteiger partial charge in [-0.3, -0.25) is 14.6 Å². The molecule has 1 atom stereocenters. The van der Waals surface area contributed by atoms with Gasteiger partial charge in [0.25, 0.3) is 0 Å². The van der Waals surface area contributed by atoms with Crippen molar-refractivity contribution < 1.29 is 14.3 Å². The monoisotopic (exact) mass is 436 g/mol. The van der Waals surface area contributed by atoms with Crippen molar-refractivity contribution in [3.63, 3.8) is 0 Å². The van der Waals surface area contributed by atoms with Crippen LogP contribution in [-0.4, -0.2) is 62.1 Å². The Morgan fingerprint density at radius 3 is 2.44 bits per heavy atom. The number of ether oxygens (including phenoxy) is 2. The Labute approximate surface area is 190 Å². The highest BCUT2D eigenvalue weighted by Crippen LogP contribution is 2.27. The van der Waals surface area contributed by atoms with Crippen molar-refractivity contribution in [3.05, 3.63) is 59.2 Å². The van der Waals surface area contributed by atoms with Gasteiger partial charge in [-0.1, -0.05) is 18.2 Å². The van der Waals surface area contributed by atoms with E-state index >= 15 is 0 Å². The molecular weight excluding hydrogens is 404 g/mol. The number of amides is 1. The average molecular weight is 437 g/mol. The second-order valence-corrected chi connectivity index (χ2v) is 8.06. The van der Waals surface area contributed by atoms with Gasteiger partial charge in [0.05, 0.1) is 31.9 Å². The lowest BCUT2D eigenvalue weighted by molar-refractivity contribution is -0.126. The summed E-state index contributed by atoms with van der Waals surface area (Å²) >= 11 is 0. The molecular formula is C25H32N4O3. The Balaban J connectivity index is 1.49. The fourth-order valence-electron chi connectivity index (χ4n) is 3.97. The van der Waals surface area contributed by atoms with Crippen molar-refractivity contribution in [3.8, 4) is 17.6 Å². The molecule has 32 heavy (non-hydrogen) atoms. The molecule has 0 aromatic heterocycles. The fraction of sp³-hybridized carbons (Fsp3) is 0.440. The number of nitrogens with zero attached hydrogens (tertiary/aromatic N) is 3. The van der Waals surface area contributed by atoms with E-state index in [-0.39, 0.29) is 11.9 Å². The second-order valence-electron chi connectivity index (χ2n) is 8.06. The number of nitrogens with one attached hydrogen (secondary N) is 1. The van der Waals surface area contributed by atoms with Crippen LogP contribution in [0, 0.1) is 11.3 Å². The first-order valence-corrected chi connectivity index (χ1v) is 11.0. The van der Waals surface area contributed by atoms with Crippen LogP contribution in [0.4, 0.5) is 0 Å². The number of nitriles is 1. The van der Waals surface area contributed by atoms with Gasteiger partial charge in [-0.05, 0) is 55.3 Å². The predicted octanol–water partition coefficient (Wildman–Crippen LogP) is 2.79. The van der Waals surface area contributed by atoms with E-state index in [0.29, 0.717) is 23.6 Å². The van der Waals surface area contributed by atoms with Gasteiger partial charge in [0.2, 0.25) is 5.91 Å². The van der Waals surface area contributed by atoms with Gasteiger partial charge in [0, 0.05) is 32.7 Å². The van der Waals surface area contributed by atoms with Crippen LogP contribution in [-0.2, 0) is 17.9 Å². The van der Waals surface area contributed by atoms with E-state index in [1.54, 1.807) is 14.2 Å². The van der Waals surface area contributed by atoms with E-state index in [4.69, 9.17) is 14.7 Å². The largest absolute Gasteiger partial charge is 0.493 e. The molecule has 7 nitrogen and oxygen atoms in total. The van der Waals surface area contributed by atoms with Crippen LogP contribution >= 0.6 is 0 Å². The first-order valence-electron chi connectivity index (χ1n) is 11.0. The predicted molar refractivity (Wildman–Crippen MR) is 123 cm³/mol. The van der Waals surface area contributed by atoms with Crippen LogP contribution in [0.25, 0.3) is 0 Å². The van der Waals surface area contributed by atoms with Crippen molar-refractivity contribution in [2.45, 2.75) is 32.5 Å². The minimum atomic E-state index is -0.190. The van der Waals surface area contributed by atoms with Crippen LogP contribution in [0.3, 0.4) is 0 Å². The molecule has 0 saturated carbocycles. The normalized spacial score (nSPS) is 15.9. The maximum absolute atomic E-state index is 12.8. The van der Waals surface area contributed by atoms with Crippen LogP contribution in [0.2, 0.25) is 0 Å². The number of benzene rings is 2. The number of hydrogen-bond acceptors (Lipinski definition) is 6. The molecule has 1 unspecified atom stereocenters. The van der Waals surface area contributed by atoms with Gasteiger partial charge in [-0.15, -0.1) is 0 Å². The molecule has 0 bridgehead atoms. The zero-order valence-corrected chi connectivity index (χ0v) is 19.1. The molecule has 1 aliphatic heterocycles. The SMILES string of the molecule is COc1ccc(CNC(=O)C(C)N2CCCN(Cc3ccc(C#N)cc3)CC2)cc1OC. The maximum atomic E-state index is 12.8. The molecule has 2 aromatic carbocycles. The van der Waals surface area contributed by atoms with Crippen molar-refractivity contribution in [2.75, 3.05) is 40.4 Å². The fourth-order valence-corrected chi connectivity index (χ4v) is 3.97. The Hall–Kier alpha value is -3.08. The molecule has 170 valence electrons. The van der Waals surface area contributed by atoms with E-state index in [1.807, 2.05) is 49.4 Å². The molecule has 0 aliphatic carbocycles. The average Bonchev–Trinajstić information content (AvgIpc) is 3.07. The second kappa shape index (κ2) is 11.5. The summed E-state index contributed by atoms with van der Waals surface area (Å²) in [5.41, 5.74) is 2.86. The lowest BCUT2D eigenvalue weighted by atomic mass is 10.1. The van der Waals surface area contributed by atoms with Crippen molar-refractivity contribution in [2.24, 2.45) is 0 Å². The van der Waals surface area contributed by atoms with Gasteiger partial charge >= 0.3 is 0 Å². The summed E-state index contributed by atoms with van der Waals surface area (Å²) in [6, 6.07) is 15.4. The van der Waals surface area contributed by atoms with E-state index in [2.05, 4.69) is 21.2 Å². The zero-order valence-electron chi connectivity index (χ0n) is 19.1. The number of hydrogen-bond donors (Lipinski definition) is 1. The first kappa shape index (κ1) is 23.6. The minimum Gasteiger partial charge on any atom is -0.493 e. The van der Waals surface area contributed by atoms with Crippen molar-refractivity contribution in [1.82, 2.24) is 15.1 Å². The molecule has 1 aliphatic rings. The van der Waals surface area contributed by atoms with Crippen LogP contribution in [0.5, 0.6) is 11.5 Å². The molecule has 1 fully saturated rings. The molecule has 1 N–H and O–H groups in total. The maximum Gasteiger partial charge on any atom is 0.237 e. The Morgan fingerprint density at radius 2 is 1.75 bits per heavy atom. The van der Waals surface area contributed by atoms with Crippen LogP contribution < -0.4 is 14.8 Å².